The molecule has 0 saturated carbocycles. The number of carbonyl (C=O) groups is 4. The molecule has 0 bridgehead atoms. The van der Waals surface area contributed by atoms with Gasteiger partial charge in [0, 0.05) is 6.42 Å². The third-order valence-electron chi connectivity index (χ3n) is 3.74. The lowest BCUT2D eigenvalue weighted by molar-refractivity contribution is -0.142. The highest BCUT2D eigenvalue weighted by Crippen LogP contribution is 2.03. The molecule has 10 nitrogen and oxygen atoms in total. The topological polar surface area (TPSA) is 185 Å². The Morgan fingerprint density at radius 3 is 2.11 bits per heavy atom. The number of carboxylic acid groups (broad SMARTS) is 1. The standard InChI is InChI=1S/C17H24N4O6/c18-11(8-10-4-2-1-3-5-10)15(24)21-13(9-22)16(25)20-12(17(26)27)6-7-14(19)23/h1-5,11-13,22H,6-9,18H2,(H2,19,23)(H,20,25)(H,21,24)(H,26,27)/t11-,12-,13-/m0/s1. The summed E-state index contributed by atoms with van der Waals surface area (Å²) in [7, 11) is 0. The summed E-state index contributed by atoms with van der Waals surface area (Å²) in [6.07, 6.45) is -0.228. The van der Waals surface area contributed by atoms with Crippen LogP contribution in [0.3, 0.4) is 0 Å². The Balaban J connectivity index is 2.64. The SMILES string of the molecule is NC(=O)CC[C@H](NC(=O)[C@H](CO)NC(=O)[C@@H](N)Cc1ccccc1)C(=O)O. The molecule has 0 aliphatic carbocycles. The average molecular weight is 380 g/mol. The number of aliphatic hydroxyl groups is 1. The van der Waals surface area contributed by atoms with Crippen molar-refractivity contribution in [2.24, 2.45) is 11.5 Å². The van der Waals surface area contributed by atoms with Crippen molar-refractivity contribution in [3.63, 3.8) is 0 Å². The van der Waals surface area contributed by atoms with E-state index in [1.165, 1.54) is 0 Å². The largest absolute Gasteiger partial charge is 0.480 e. The number of nitrogens with two attached hydrogens (primary N) is 2. The third-order valence-corrected chi connectivity index (χ3v) is 3.74. The molecule has 10 heteroatoms. The van der Waals surface area contributed by atoms with Gasteiger partial charge in [0.2, 0.25) is 17.7 Å². The molecule has 3 atom stereocenters. The lowest BCUT2D eigenvalue weighted by atomic mass is 10.1. The van der Waals surface area contributed by atoms with Gasteiger partial charge in [0.15, 0.2) is 0 Å². The van der Waals surface area contributed by atoms with Crippen LogP contribution in [0.1, 0.15) is 18.4 Å². The van der Waals surface area contributed by atoms with Crippen molar-refractivity contribution in [1.82, 2.24) is 10.6 Å². The van der Waals surface area contributed by atoms with Crippen molar-refractivity contribution in [3.8, 4) is 0 Å². The van der Waals surface area contributed by atoms with Crippen LogP contribution < -0.4 is 22.1 Å². The van der Waals surface area contributed by atoms with Gasteiger partial charge >= 0.3 is 5.97 Å². The predicted molar refractivity (Wildman–Crippen MR) is 95.1 cm³/mol. The number of benzene rings is 1. The monoisotopic (exact) mass is 380 g/mol. The van der Waals surface area contributed by atoms with Crippen molar-refractivity contribution in [2.45, 2.75) is 37.4 Å². The summed E-state index contributed by atoms with van der Waals surface area (Å²) >= 11 is 0. The Morgan fingerprint density at radius 1 is 1.00 bits per heavy atom. The normalized spacial score (nSPS) is 13.9. The smallest absolute Gasteiger partial charge is 0.326 e. The van der Waals surface area contributed by atoms with Crippen LogP contribution in [0.5, 0.6) is 0 Å². The van der Waals surface area contributed by atoms with E-state index in [9.17, 15) is 24.3 Å². The fraction of sp³-hybridized carbons (Fsp3) is 0.412. The fourth-order valence-electron chi connectivity index (χ4n) is 2.25. The number of carboxylic acids is 1. The van der Waals surface area contributed by atoms with Crippen molar-refractivity contribution in [1.29, 1.82) is 0 Å². The molecule has 0 radical (unpaired) electrons. The lowest BCUT2D eigenvalue weighted by Crippen LogP contribution is -2.56. The molecule has 0 aromatic heterocycles. The van der Waals surface area contributed by atoms with Gasteiger partial charge in [0.1, 0.15) is 12.1 Å². The number of hydrogen-bond acceptors (Lipinski definition) is 6. The molecule has 148 valence electrons. The first-order valence-corrected chi connectivity index (χ1v) is 8.26. The molecule has 1 aromatic carbocycles. The summed E-state index contributed by atoms with van der Waals surface area (Å²) in [4.78, 5) is 46.2. The highest BCUT2D eigenvalue weighted by molar-refractivity contribution is 5.92. The third kappa shape index (κ3) is 7.84. The first-order chi connectivity index (χ1) is 12.7. The fourth-order valence-corrected chi connectivity index (χ4v) is 2.25. The molecule has 0 fully saturated rings. The van der Waals surface area contributed by atoms with Crippen LogP contribution in [0.15, 0.2) is 30.3 Å². The van der Waals surface area contributed by atoms with Crippen LogP contribution in [0.25, 0.3) is 0 Å². The van der Waals surface area contributed by atoms with Crippen molar-refractivity contribution < 1.29 is 29.4 Å². The first kappa shape index (κ1) is 22.1. The van der Waals surface area contributed by atoms with E-state index in [4.69, 9.17) is 16.6 Å². The number of amides is 3. The Labute approximate surface area is 155 Å². The van der Waals surface area contributed by atoms with Gasteiger partial charge in [-0.05, 0) is 18.4 Å². The van der Waals surface area contributed by atoms with E-state index in [1.807, 2.05) is 6.07 Å². The molecule has 1 rings (SSSR count). The first-order valence-electron chi connectivity index (χ1n) is 8.26. The lowest BCUT2D eigenvalue weighted by Gasteiger charge is -2.21. The second-order valence-corrected chi connectivity index (χ2v) is 5.94. The number of rotatable bonds is 11. The minimum Gasteiger partial charge on any atom is -0.480 e. The molecule has 0 aliphatic rings. The number of nitrogens with one attached hydrogen (secondary N) is 2. The van der Waals surface area contributed by atoms with Gasteiger partial charge in [-0.15, -0.1) is 0 Å². The Kier molecular flexibility index (Phi) is 8.90. The van der Waals surface area contributed by atoms with E-state index in [0.717, 1.165) is 5.56 Å². The zero-order chi connectivity index (χ0) is 20.4. The van der Waals surface area contributed by atoms with Crippen LogP contribution in [0.2, 0.25) is 0 Å². The van der Waals surface area contributed by atoms with Gasteiger partial charge < -0.3 is 32.3 Å². The van der Waals surface area contributed by atoms with E-state index in [-0.39, 0.29) is 19.3 Å². The van der Waals surface area contributed by atoms with E-state index >= 15 is 0 Å². The van der Waals surface area contributed by atoms with E-state index in [1.54, 1.807) is 24.3 Å². The van der Waals surface area contributed by atoms with Gasteiger partial charge in [0.25, 0.3) is 0 Å². The molecule has 0 heterocycles. The predicted octanol–water partition coefficient (Wildman–Crippen LogP) is -2.13. The second kappa shape index (κ2) is 10.9. The van der Waals surface area contributed by atoms with Gasteiger partial charge in [-0.1, -0.05) is 30.3 Å². The molecule has 3 amide bonds. The summed E-state index contributed by atoms with van der Waals surface area (Å²) in [6, 6.07) is 5.27. The van der Waals surface area contributed by atoms with Crippen molar-refractivity contribution >= 4 is 23.7 Å². The average Bonchev–Trinajstić information content (AvgIpc) is 2.62. The quantitative estimate of drug-likeness (QED) is 0.253. The molecule has 0 spiro atoms. The minimum atomic E-state index is -1.38. The Hall–Kier alpha value is -2.98. The summed E-state index contributed by atoms with van der Waals surface area (Å²) in [5.74, 6) is -3.66. The Bertz CT molecular complexity index is 667. The van der Waals surface area contributed by atoms with Gasteiger partial charge in [0.05, 0.1) is 12.6 Å². The van der Waals surface area contributed by atoms with E-state index in [0.29, 0.717) is 0 Å². The van der Waals surface area contributed by atoms with E-state index in [2.05, 4.69) is 10.6 Å². The molecule has 0 saturated heterocycles. The summed E-state index contributed by atoms with van der Waals surface area (Å²) in [5, 5.41) is 22.9. The van der Waals surface area contributed by atoms with Gasteiger partial charge in [-0.3, -0.25) is 14.4 Å². The zero-order valence-electron chi connectivity index (χ0n) is 14.6. The molecule has 0 unspecified atom stereocenters. The molecule has 27 heavy (non-hydrogen) atoms. The molecule has 8 N–H and O–H groups in total. The second-order valence-electron chi connectivity index (χ2n) is 5.94. The Morgan fingerprint density at radius 2 is 1.59 bits per heavy atom. The maximum Gasteiger partial charge on any atom is 0.326 e. The summed E-state index contributed by atoms with van der Waals surface area (Å²) < 4.78 is 0. The van der Waals surface area contributed by atoms with E-state index < -0.39 is 48.4 Å². The summed E-state index contributed by atoms with van der Waals surface area (Å²) in [5.41, 5.74) is 11.6. The molecule has 1 aromatic rings. The maximum absolute atomic E-state index is 12.2. The van der Waals surface area contributed by atoms with Crippen LogP contribution in [-0.4, -0.2) is 58.6 Å². The van der Waals surface area contributed by atoms with Crippen molar-refractivity contribution in [2.75, 3.05) is 6.61 Å². The number of aliphatic carboxylic acids is 1. The zero-order valence-corrected chi connectivity index (χ0v) is 14.6. The van der Waals surface area contributed by atoms with Crippen LogP contribution in [0, 0.1) is 0 Å². The van der Waals surface area contributed by atoms with Gasteiger partial charge in [-0.25, -0.2) is 4.79 Å². The highest BCUT2D eigenvalue weighted by Gasteiger charge is 2.27. The van der Waals surface area contributed by atoms with Crippen LogP contribution in [0.4, 0.5) is 0 Å². The molecular formula is C17H24N4O6. The molecule has 0 aliphatic heterocycles. The van der Waals surface area contributed by atoms with Crippen LogP contribution >= 0.6 is 0 Å². The van der Waals surface area contributed by atoms with Crippen molar-refractivity contribution in [3.05, 3.63) is 35.9 Å². The highest BCUT2D eigenvalue weighted by atomic mass is 16.4. The number of hydrogen-bond donors (Lipinski definition) is 6. The number of aliphatic hydroxyl groups excluding tert-OH is 1. The minimum absolute atomic E-state index is 0.212. The van der Waals surface area contributed by atoms with Crippen LogP contribution in [-0.2, 0) is 25.6 Å². The van der Waals surface area contributed by atoms with Gasteiger partial charge in [-0.2, -0.15) is 0 Å². The number of carbonyl (C=O) groups excluding carboxylic acids is 3. The number of primary amides is 1. The molecular weight excluding hydrogens is 356 g/mol. The summed E-state index contributed by atoms with van der Waals surface area (Å²) in [6.45, 7) is -0.752. The maximum atomic E-state index is 12.2.